The highest BCUT2D eigenvalue weighted by atomic mass is 79.9. The summed E-state index contributed by atoms with van der Waals surface area (Å²) in [6.45, 7) is 4.01. The molecule has 0 saturated heterocycles. The van der Waals surface area contributed by atoms with Gasteiger partial charge in [-0.3, -0.25) is 4.79 Å². The van der Waals surface area contributed by atoms with Crippen molar-refractivity contribution in [1.29, 1.82) is 0 Å². The molecule has 0 saturated carbocycles. The molecule has 0 aliphatic rings. The van der Waals surface area contributed by atoms with Gasteiger partial charge in [-0.1, -0.05) is 48.2 Å². The Balaban J connectivity index is 2.76. The Kier molecular flexibility index (Phi) is 5.66. The Morgan fingerprint density at radius 1 is 1.44 bits per heavy atom. The standard InChI is InChI=1S/C14H21BrN2O/c1-3-4-5-9-14(2,13(16)18)17-12-8-6-7-11(15)10-12/h6-8,10,17H,3-5,9H2,1-2H3,(H2,16,18). The zero-order chi connectivity index (χ0) is 13.6. The molecule has 0 bridgehead atoms. The van der Waals surface area contributed by atoms with E-state index < -0.39 is 5.54 Å². The Labute approximate surface area is 117 Å². The third kappa shape index (κ3) is 4.33. The van der Waals surface area contributed by atoms with Gasteiger partial charge in [0.2, 0.25) is 5.91 Å². The summed E-state index contributed by atoms with van der Waals surface area (Å²) in [4.78, 5) is 11.7. The van der Waals surface area contributed by atoms with Gasteiger partial charge in [0.05, 0.1) is 0 Å². The summed E-state index contributed by atoms with van der Waals surface area (Å²) >= 11 is 3.41. The van der Waals surface area contributed by atoms with E-state index in [0.29, 0.717) is 0 Å². The topological polar surface area (TPSA) is 55.1 Å². The molecule has 1 amide bonds. The number of halogens is 1. The SMILES string of the molecule is CCCCCC(C)(Nc1cccc(Br)c1)C(N)=O. The summed E-state index contributed by atoms with van der Waals surface area (Å²) < 4.78 is 0.980. The number of primary amides is 1. The van der Waals surface area contributed by atoms with Crippen molar-refractivity contribution in [3.05, 3.63) is 28.7 Å². The average molecular weight is 313 g/mol. The molecule has 3 nitrogen and oxygen atoms in total. The van der Waals surface area contributed by atoms with E-state index in [0.717, 1.165) is 35.8 Å². The maximum atomic E-state index is 11.7. The molecule has 1 aromatic rings. The summed E-state index contributed by atoms with van der Waals surface area (Å²) in [6, 6.07) is 7.76. The second-order valence-electron chi connectivity index (χ2n) is 4.79. The van der Waals surface area contributed by atoms with Crippen LogP contribution >= 0.6 is 15.9 Å². The number of hydrogen-bond donors (Lipinski definition) is 2. The molecule has 0 heterocycles. The van der Waals surface area contributed by atoms with Crippen LogP contribution in [-0.2, 0) is 4.79 Å². The van der Waals surface area contributed by atoms with Gasteiger partial charge in [-0.25, -0.2) is 0 Å². The van der Waals surface area contributed by atoms with E-state index in [1.165, 1.54) is 0 Å². The van der Waals surface area contributed by atoms with Crippen molar-refractivity contribution in [2.75, 3.05) is 5.32 Å². The van der Waals surface area contributed by atoms with Crippen molar-refractivity contribution in [2.24, 2.45) is 5.73 Å². The van der Waals surface area contributed by atoms with Crippen LogP contribution in [0.5, 0.6) is 0 Å². The fraction of sp³-hybridized carbons (Fsp3) is 0.500. The number of nitrogens with two attached hydrogens (primary N) is 1. The van der Waals surface area contributed by atoms with Gasteiger partial charge < -0.3 is 11.1 Å². The van der Waals surface area contributed by atoms with E-state index in [-0.39, 0.29) is 5.91 Å². The zero-order valence-corrected chi connectivity index (χ0v) is 12.6. The van der Waals surface area contributed by atoms with Crippen LogP contribution < -0.4 is 11.1 Å². The fourth-order valence-corrected chi connectivity index (χ4v) is 2.26. The minimum absolute atomic E-state index is 0.307. The van der Waals surface area contributed by atoms with Crippen LogP contribution in [0, 0.1) is 0 Å². The number of hydrogen-bond acceptors (Lipinski definition) is 2. The first-order chi connectivity index (χ1) is 8.48. The van der Waals surface area contributed by atoms with Crippen LogP contribution in [0.3, 0.4) is 0 Å². The van der Waals surface area contributed by atoms with Crippen molar-refractivity contribution >= 4 is 27.5 Å². The number of benzene rings is 1. The van der Waals surface area contributed by atoms with Gasteiger partial charge in [0.1, 0.15) is 5.54 Å². The van der Waals surface area contributed by atoms with Crippen LogP contribution in [-0.4, -0.2) is 11.4 Å². The summed E-state index contributed by atoms with van der Waals surface area (Å²) in [6.07, 6.45) is 3.99. The predicted molar refractivity (Wildman–Crippen MR) is 79.5 cm³/mol. The second kappa shape index (κ2) is 6.78. The van der Waals surface area contributed by atoms with Gasteiger partial charge in [-0.15, -0.1) is 0 Å². The van der Waals surface area contributed by atoms with Gasteiger partial charge >= 0.3 is 0 Å². The van der Waals surface area contributed by atoms with Crippen LogP contribution in [0.2, 0.25) is 0 Å². The maximum Gasteiger partial charge on any atom is 0.242 e. The van der Waals surface area contributed by atoms with Crippen LogP contribution in [0.1, 0.15) is 39.5 Å². The molecule has 1 atom stereocenters. The number of carbonyl (C=O) groups is 1. The minimum atomic E-state index is -0.685. The summed E-state index contributed by atoms with van der Waals surface area (Å²) in [5.41, 5.74) is 5.75. The highest BCUT2D eigenvalue weighted by molar-refractivity contribution is 9.10. The van der Waals surface area contributed by atoms with Gasteiger partial charge in [-0.05, 0) is 31.5 Å². The minimum Gasteiger partial charge on any atom is -0.371 e. The average Bonchev–Trinajstić information content (AvgIpc) is 2.29. The van der Waals surface area contributed by atoms with Gasteiger partial charge in [0.15, 0.2) is 0 Å². The molecule has 100 valence electrons. The third-order valence-electron chi connectivity index (χ3n) is 3.07. The third-order valence-corrected chi connectivity index (χ3v) is 3.56. The number of nitrogens with one attached hydrogen (secondary N) is 1. The Morgan fingerprint density at radius 2 is 2.17 bits per heavy atom. The second-order valence-corrected chi connectivity index (χ2v) is 5.70. The first-order valence-corrected chi connectivity index (χ1v) is 7.11. The molecule has 0 radical (unpaired) electrons. The number of rotatable bonds is 7. The number of amides is 1. The van der Waals surface area contributed by atoms with E-state index in [1.54, 1.807) is 0 Å². The van der Waals surface area contributed by atoms with E-state index in [9.17, 15) is 4.79 Å². The van der Waals surface area contributed by atoms with E-state index >= 15 is 0 Å². The number of unbranched alkanes of at least 4 members (excludes halogenated alkanes) is 2. The zero-order valence-electron chi connectivity index (χ0n) is 11.0. The van der Waals surface area contributed by atoms with Crippen LogP contribution in [0.15, 0.2) is 28.7 Å². The summed E-state index contributed by atoms with van der Waals surface area (Å²) in [5.74, 6) is -0.307. The van der Waals surface area contributed by atoms with E-state index in [2.05, 4.69) is 28.2 Å². The first-order valence-electron chi connectivity index (χ1n) is 6.31. The molecule has 1 aromatic carbocycles. The summed E-state index contributed by atoms with van der Waals surface area (Å²) in [7, 11) is 0. The molecule has 0 fully saturated rings. The molecular weight excluding hydrogens is 292 g/mol. The molecule has 0 spiro atoms. The molecule has 18 heavy (non-hydrogen) atoms. The summed E-state index contributed by atoms with van der Waals surface area (Å²) in [5, 5.41) is 3.25. The Morgan fingerprint density at radius 3 is 2.72 bits per heavy atom. The van der Waals surface area contributed by atoms with Crippen molar-refractivity contribution in [2.45, 2.75) is 45.1 Å². The Bertz CT molecular complexity index is 409. The molecular formula is C14H21BrN2O. The maximum absolute atomic E-state index is 11.7. The largest absolute Gasteiger partial charge is 0.371 e. The normalized spacial score (nSPS) is 13.9. The lowest BCUT2D eigenvalue weighted by Crippen LogP contribution is -2.47. The number of carbonyl (C=O) groups excluding carboxylic acids is 1. The van der Waals surface area contributed by atoms with Crippen molar-refractivity contribution in [3.63, 3.8) is 0 Å². The van der Waals surface area contributed by atoms with Gasteiger partial charge in [0, 0.05) is 10.2 Å². The fourth-order valence-electron chi connectivity index (χ4n) is 1.86. The smallest absolute Gasteiger partial charge is 0.242 e. The van der Waals surface area contributed by atoms with Gasteiger partial charge in [-0.2, -0.15) is 0 Å². The number of anilines is 1. The lowest BCUT2D eigenvalue weighted by Gasteiger charge is -2.28. The van der Waals surface area contributed by atoms with Crippen LogP contribution in [0.4, 0.5) is 5.69 Å². The molecule has 1 rings (SSSR count). The lowest BCUT2D eigenvalue weighted by atomic mass is 9.93. The highest BCUT2D eigenvalue weighted by Gasteiger charge is 2.30. The quantitative estimate of drug-likeness (QED) is 0.754. The predicted octanol–water partition coefficient (Wildman–Crippen LogP) is 3.69. The monoisotopic (exact) mass is 312 g/mol. The molecule has 3 N–H and O–H groups in total. The molecule has 0 aliphatic carbocycles. The van der Waals surface area contributed by atoms with E-state index in [1.807, 2.05) is 31.2 Å². The molecule has 4 heteroatoms. The van der Waals surface area contributed by atoms with Crippen molar-refractivity contribution in [1.82, 2.24) is 0 Å². The molecule has 1 unspecified atom stereocenters. The highest BCUT2D eigenvalue weighted by Crippen LogP contribution is 2.23. The Hall–Kier alpha value is -1.03. The molecule has 0 aliphatic heterocycles. The van der Waals surface area contributed by atoms with Crippen molar-refractivity contribution in [3.8, 4) is 0 Å². The lowest BCUT2D eigenvalue weighted by molar-refractivity contribution is -0.122. The molecule has 0 aromatic heterocycles. The van der Waals surface area contributed by atoms with Gasteiger partial charge in [0.25, 0.3) is 0 Å². The van der Waals surface area contributed by atoms with Crippen molar-refractivity contribution < 1.29 is 4.79 Å². The first kappa shape index (κ1) is 15.0. The van der Waals surface area contributed by atoms with Crippen LogP contribution in [0.25, 0.3) is 0 Å². The van der Waals surface area contributed by atoms with E-state index in [4.69, 9.17) is 5.73 Å².